The topological polar surface area (TPSA) is 196 Å². The normalized spacial score (nSPS) is 13.0. The Labute approximate surface area is 264 Å². The molecule has 0 spiro atoms. The van der Waals surface area contributed by atoms with E-state index in [9.17, 15) is 37.5 Å². The number of amides is 3. The number of carbonyl (C=O) groups is 5. The van der Waals surface area contributed by atoms with E-state index in [-0.39, 0.29) is 43.8 Å². The molecule has 46 heavy (non-hydrogen) atoms. The summed E-state index contributed by atoms with van der Waals surface area (Å²) in [6, 6.07) is 12.8. The largest absolute Gasteiger partial charge is 0.490 e. The summed E-state index contributed by atoms with van der Waals surface area (Å²) in [5.74, 6) is -4.59. The lowest BCUT2D eigenvalue weighted by molar-refractivity contribution is -0.192. The van der Waals surface area contributed by atoms with Crippen molar-refractivity contribution in [3.63, 3.8) is 0 Å². The molecule has 0 aromatic heterocycles. The zero-order valence-corrected chi connectivity index (χ0v) is 25.4. The van der Waals surface area contributed by atoms with Gasteiger partial charge in [0.2, 0.25) is 11.8 Å². The Morgan fingerprint density at radius 1 is 0.870 bits per heavy atom. The van der Waals surface area contributed by atoms with Crippen molar-refractivity contribution in [3.8, 4) is 0 Å². The second-order valence-corrected chi connectivity index (χ2v) is 10.6. The highest BCUT2D eigenvalue weighted by molar-refractivity contribution is 6.09. The number of aryl methyl sites for hydroxylation is 1. The summed E-state index contributed by atoms with van der Waals surface area (Å²) in [5.41, 5.74) is 14.3. The number of carbonyl (C=O) groups excluding carboxylic acids is 3. The summed E-state index contributed by atoms with van der Waals surface area (Å²) in [6.07, 6.45) is 0.407. The number of alkyl halides is 3. The zero-order chi connectivity index (χ0) is 34.3. The molecule has 0 bridgehead atoms. The van der Waals surface area contributed by atoms with Crippen LogP contribution in [0, 0.1) is 0 Å². The third kappa shape index (κ3) is 12.5. The molecule has 12 nitrogen and oxygen atoms in total. The summed E-state index contributed by atoms with van der Waals surface area (Å²) in [7, 11) is 0. The van der Waals surface area contributed by atoms with Crippen LogP contribution in [-0.4, -0.2) is 77.1 Å². The van der Waals surface area contributed by atoms with Crippen LogP contribution in [0.1, 0.15) is 66.4 Å². The first-order chi connectivity index (χ1) is 21.8. The smallest absolute Gasteiger partial charge is 0.481 e. The fraction of sp³-hybridized carbons (Fsp3) is 0.452. The molecule has 2 aromatic carbocycles. The number of nitrogens with two attached hydrogens (primary N) is 2. The molecule has 0 radical (unpaired) electrons. The average Bonchev–Trinajstić information content (AvgIpc) is 3.09. The fourth-order valence-electron chi connectivity index (χ4n) is 4.60. The maximum absolute atomic E-state index is 13.5. The molecule has 3 rings (SSSR count). The van der Waals surface area contributed by atoms with Crippen LogP contribution in [0.25, 0.3) is 0 Å². The van der Waals surface area contributed by atoms with Gasteiger partial charge in [0.1, 0.15) is 6.54 Å². The standard InChI is InChI=1S/C29H39N5O5.C2HF3O2/c30-14-4-2-1-3-7-21-11-12-25-24(18-21)29(39)33(16-13-28(37)38)20-27(36)34(25)19-22-8-5-9-23(17-22)32-26(35)10-6-15-31;3-2(4,5)1(6)7/h5,8-9,11-12,17-18H,1-4,6-7,10,13-16,19-20,30-31H2,(H,32,35)(H,37,38);(H,6,7). The fourth-order valence-corrected chi connectivity index (χ4v) is 4.60. The molecule has 0 aliphatic carbocycles. The van der Waals surface area contributed by atoms with E-state index in [0.29, 0.717) is 42.9 Å². The van der Waals surface area contributed by atoms with Crippen molar-refractivity contribution in [2.45, 2.75) is 64.1 Å². The average molecular weight is 652 g/mol. The number of aliphatic carboxylic acids is 2. The second kappa shape index (κ2) is 18.5. The molecule has 0 saturated carbocycles. The third-order valence-corrected chi connectivity index (χ3v) is 6.91. The molecule has 2 aromatic rings. The minimum absolute atomic E-state index is 0.0547. The van der Waals surface area contributed by atoms with Gasteiger partial charge in [-0.2, -0.15) is 13.2 Å². The van der Waals surface area contributed by atoms with E-state index >= 15 is 0 Å². The Morgan fingerprint density at radius 3 is 2.17 bits per heavy atom. The highest BCUT2D eigenvalue weighted by Gasteiger charge is 2.38. The summed E-state index contributed by atoms with van der Waals surface area (Å²) in [5, 5.41) is 19.2. The lowest BCUT2D eigenvalue weighted by Gasteiger charge is -2.23. The van der Waals surface area contributed by atoms with Gasteiger partial charge in [-0.25, -0.2) is 4.79 Å². The van der Waals surface area contributed by atoms with E-state index in [2.05, 4.69) is 5.32 Å². The molecule has 1 aliphatic rings. The van der Waals surface area contributed by atoms with E-state index in [0.717, 1.165) is 43.2 Å². The molecule has 7 N–H and O–H groups in total. The van der Waals surface area contributed by atoms with E-state index in [1.54, 1.807) is 29.2 Å². The van der Waals surface area contributed by atoms with Gasteiger partial charge < -0.3 is 36.8 Å². The maximum atomic E-state index is 13.5. The van der Waals surface area contributed by atoms with Crippen molar-refractivity contribution in [1.29, 1.82) is 0 Å². The Balaban J connectivity index is 0.000000942. The van der Waals surface area contributed by atoms with Crippen LogP contribution in [0.5, 0.6) is 0 Å². The number of hydrogen-bond acceptors (Lipinski definition) is 7. The van der Waals surface area contributed by atoms with E-state index < -0.39 is 18.1 Å². The third-order valence-electron chi connectivity index (χ3n) is 6.91. The highest BCUT2D eigenvalue weighted by Crippen LogP contribution is 2.30. The van der Waals surface area contributed by atoms with Crippen LogP contribution < -0.4 is 21.7 Å². The van der Waals surface area contributed by atoms with Crippen LogP contribution in [-0.2, 0) is 32.1 Å². The predicted molar refractivity (Wildman–Crippen MR) is 164 cm³/mol. The summed E-state index contributed by atoms with van der Waals surface area (Å²) >= 11 is 0. The molecule has 0 fully saturated rings. The monoisotopic (exact) mass is 651 g/mol. The number of carboxylic acids is 2. The van der Waals surface area contributed by atoms with Crippen molar-refractivity contribution < 1.29 is 47.4 Å². The van der Waals surface area contributed by atoms with Crippen molar-refractivity contribution in [1.82, 2.24) is 4.90 Å². The quantitative estimate of drug-likeness (QED) is 0.179. The predicted octanol–water partition coefficient (Wildman–Crippen LogP) is 3.52. The summed E-state index contributed by atoms with van der Waals surface area (Å²) < 4.78 is 31.7. The van der Waals surface area contributed by atoms with Crippen molar-refractivity contribution in [3.05, 3.63) is 59.2 Å². The second-order valence-electron chi connectivity index (χ2n) is 10.6. The number of fused-ring (bicyclic) bond motifs is 1. The number of carboxylic acid groups (broad SMARTS) is 2. The molecular formula is C31H40F3N5O7. The number of halogens is 3. The van der Waals surface area contributed by atoms with Crippen LogP contribution in [0.3, 0.4) is 0 Å². The van der Waals surface area contributed by atoms with E-state index in [1.807, 2.05) is 18.2 Å². The number of unbranched alkanes of at least 4 members (excludes halogenated alkanes) is 3. The first-order valence-corrected chi connectivity index (χ1v) is 14.8. The van der Waals surface area contributed by atoms with Gasteiger partial charge in [-0.15, -0.1) is 0 Å². The van der Waals surface area contributed by atoms with Crippen LogP contribution in [0.2, 0.25) is 0 Å². The number of rotatable bonds is 15. The van der Waals surface area contributed by atoms with Crippen LogP contribution in [0.4, 0.5) is 24.5 Å². The summed E-state index contributed by atoms with van der Waals surface area (Å²) in [6.45, 7) is 1.03. The van der Waals surface area contributed by atoms with Gasteiger partial charge in [0.25, 0.3) is 5.91 Å². The van der Waals surface area contributed by atoms with Crippen molar-refractivity contribution in [2.75, 3.05) is 36.4 Å². The molecule has 3 amide bonds. The van der Waals surface area contributed by atoms with Crippen LogP contribution in [0.15, 0.2) is 42.5 Å². The van der Waals surface area contributed by atoms with E-state index in [1.165, 1.54) is 4.90 Å². The highest BCUT2D eigenvalue weighted by atomic mass is 19.4. The first-order valence-electron chi connectivity index (χ1n) is 14.8. The van der Waals surface area contributed by atoms with Gasteiger partial charge in [-0.3, -0.25) is 19.2 Å². The SMILES string of the molecule is NCCCCCCc1ccc2c(c1)C(=O)N(CCC(=O)O)CC(=O)N2Cc1cccc(NC(=O)CCCN)c1.O=C(O)C(F)(F)F. The summed E-state index contributed by atoms with van der Waals surface area (Å²) in [4.78, 5) is 62.0. The van der Waals surface area contributed by atoms with Gasteiger partial charge in [-0.1, -0.05) is 31.0 Å². The Morgan fingerprint density at radius 2 is 1.54 bits per heavy atom. The molecule has 0 unspecified atom stereocenters. The molecule has 252 valence electrons. The molecule has 1 aliphatic heterocycles. The Hall–Kier alpha value is -4.50. The molecule has 1 heterocycles. The zero-order valence-electron chi connectivity index (χ0n) is 25.4. The molecule has 0 saturated heterocycles. The molecule has 0 atom stereocenters. The molecular weight excluding hydrogens is 611 g/mol. The van der Waals surface area contributed by atoms with Gasteiger partial charge >= 0.3 is 18.1 Å². The van der Waals surface area contributed by atoms with Gasteiger partial charge in [0, 0.05) is 18.7 Å². The molecule has 15 heteroatoms. The number of benzene rings is 2. The van der Waals surface area contributed by atoms with Crippen molar-refractivity contribution in [2.24, 2.45) is 11.5 Å². The van der Waals surface area contributed by atoms with Gasteiger partial charge in [0.15, 0.2) is 0 Å². The van der Waals surface area contributed by atoms with Crippen molar-refractivity contribution >= 4 is 41.0 Å². The lowest BCUT2D eigenvalue weighted by atomic mass is 10.0. The van der Waals surface area contributed by atoms with Gasteiger partial charge in [-0.05, 0) is 74.2 Å². The number of anilines is 2. The Kier molecular flexibility index (Phi) is 15.1. The van der Waals surface area contributed by atoms with E-state index in [4.69, 9.17) is 21.4 Å². The minimum atomic E-state index is -5.08. The first kappa shape index (κ1) is 37.7. The minimum Gasteiger partial charge on any atom is -0.481 e. The number of nitrogens with zero attached hydrogens (tertiary/aromatic N) is 2. The maximum Gasteiger partial charge on any atom is 0.490 e. The van der Waals surface area contributed by atoms with Crippen LogP contribution >= 0.6 is 0 Å². The lowest BCUT2D eigenvalue weighted by Crippen LogP contribution is -2.40. The Bertz CT molecular complexity index is 1370. The number of hydrogen-bond donors (Lipinski definition) is 5. The number of nitrogens with one attached hydrogen (secondary N) is 1. The van der Waals surface area contributed by atoms with Gasteiger partial charge in [0.05, 0.1) is 24.2 Å².